The fourth-order valence-corrected chi connectivity index (χ4v) is 4.67. The molecule has 6 nitrogen and oxygen atoms in total. The molecule has 30 heavy (non-hydrogen) atoms. The molecule has 0 spiro atoms. The molecule has 0 aliphatic heterocycles. The molecule has 1 aliphatic rings. The predicted octanol–water partition coefficient (Wildman–Crippen LogP) is 3.91. The van der Waals surface area contributed by atoms with Gasteiger partial charge in [-0.15, -0.1) is 0 Å². The van der Waals surface area contributed by atoms with Gasteiger partial charge in [0.15, 0.2) is 0 Å². The van der Waals surface area contributed by atoms with E-state index in [-0.39, 0.29) is 16.8 Å². The van der Waals surface area contributed by atoms with Gasteiger partial charge in [-0.3, -0.25) is 9.52 Å². The Labute approximate surface area is 176 Å². The Morgan fingerprint density at radius 2 is 1.67 bits per heavy atom. The first-order chi connectivity index (χ1) is 14.5. The molecule has 1 aliphatic carbocycles. The number of rotatable bonds is 6. The van der Waals surface area contributed by atoms with E-state index in [1.165, 1.54) is 29.8 Å². The summed E-state index contributed by atoms with van der Waals surface area (Å²) in [5.74, 6) is 0.418. The first-order valence-electron chi connectivity index (χ1n) is 9.62. The Morgan fingerprint density at radius 3 is 2.37 bits per heavy atom. The molecular formula is C23H22N2O4S. The number of hydrogen-bond acceptors (Lipinski definition) is 4. The summed E-state index contributed by atoms with van der Waals surface area (Å²) in [6, 6.07) is 20.6. The lowest BCUT2D eigenvalue weighted by molar-refractivity contribution is 0.0936. The van der Waals surface area contributed by atoms with Gasteiger partial charge in [0.2, 0.25) is 0 Å². The van der Waals surface area contributed by atoms with Gasteiger partial charge in [0.1, 0.15) is 5.75 Å². The highest BCUT2D eigenvalue weighted by atomic mass is 32.2. The molecule has 0 unspecified atom stereocenters. The Morgan fingerprint density at radius 1 is 0.967 bits per heavy atom. The van der Waals surface area contributed by atoms with E-state index in [4.69, 9.17) is 4.74 Å². The van der Waals surface area contributed by atoms with Crippen LogP contribution >= 0.6 is 0 Å². The monoisotopic (exact) mass is 422 g/mol. The van der Waals surface area contributed by atoms with Gasteiger partial charge in [-0.1, -0.05) is 24.3 Å². The van der Waals surface area contributed by atoms with Crippen LogP contribution in [0.15, 0.2) is 77.7 Å². The average molecular weight is 423 g/mol. The minimum atomic E-state index is -3.76. The van der Waals surface area contributed by atoms with Crippen molar-refractivity contribution in [2.75, 3.05) is 11.8 Å². The summed E-state index contributed by atoms with van der Waals surface area (Å²) < 4.78 is 32.8. The summed E-state index contributed by atoms with van der Waals surface area (Å²) in [7, 11) is -2.22. The van der Waals surface area contributed by atoms with Gasteiger partial charge >= 0.3 is 0 Å². The van der Waals surface area contributed by atoms with E-state index in [9.17, 15) is 13.2 Å². The Balaban J connectivity index is 1.44. The molecule has 0 saturated heterocycles. The summed E-state index contributed by atoms with van der Waals surface area (Å²) in [6.07, 6.45) is 1.80. The first-order valence-corrected chi connectivity index (χ1v) is 11.1. The molecule has 0 bridgehead atoms. The molecule has 1 amide bonds. The summed E-state index contributed by atoms with van der Waals surface area (Å²) in [5.41, 5.74) is 3.25. The second-order valence-corrected chi connectivity index (χ2v) is 8.80. The highest BCUT2D eigenvalue weighted by Crippen LogP contribution is 2.31. The molecule has 1 atom stereocenters. The van der Waals surface area contributed by atoms with Crippen molar-refractivity contribution < 1.29 is 17.9 Å². The van der Waals surface area contributed by atoms with Gasteiger partial charge in [-0.25, -0.2) is 8.42 Å². The smallest absolute Gasteiger partial charge is 0.261 e. The number of nitrogens with one attached hydrogen (secondary N) is 2. The second-order valence-electron chi connectivity index (χ2n) is 7.12. The quantitative estimate of drug-likeness (QED) is 0.631. The third kappa shape index (κ3) is 4.16. The molecular weight excluding hydrogens is 400 g/mol. The van der Waals surface area contributed by atoms with Crippen molar-refractivity contribution in [1.82, 2.24) is 5.32 Å². The van der Waals surface area contributed by atoms with Crippen molar-refractivity contribution in [2.24, 2.45) is 0 Å². The number of benzene rings is 3. The highest BCUT2D eigenvalue weighted by Gasteiger charge is 2.24. The Hall–Kier alpha value is -3.32. The third-order valence-corrected chi connectivity index (χ3v) is 6.60. The molecule has 2 N–H and O–H groups in total. The van der Waals surface area contributed by atoms with Crippen LogP contribution in [0.5, 0.6) is 5.75 Å². The topological polar surface area (TPSA) is 84.5 Å². The molecule has 3 aromatic carbocycles. The number of carbonyl (C=O) groups excluding carboxylic acids is 1. The number of fused-ring (bicyclic) bond motifs is 1. The largest absolute Gasteiger partial charge is 0.497 e. The van der Waals surface area contributed by atoms with Gasteiger partial charge < -0.3 is 10.1 Å². The molecule has 154 valence electrons. The van der Waals surface area contributed by atoms with Gasteiger partial charge in [0.05, 0.1) is 18.0 Å². The highest BCUT2D eigenvalue weighted by molar-refractivity contribution is 7.92. The van der Waals surface area contributed by atoms with Crippen LogP contribution in [0, 0.1) is 0 Å². The third-order valence-electron chi connectivity index (χ3n) is 5.21. The standard InChI is InChI=1S/C23H22N2O4S/c1-29-19-11-9-18(10-12-19)25-30(27,28)20-13-6-17(7-14-20)23(26)24-22-15-8-16-4-2-3-5-21(16)22/h2-7,9-14,22,25H,8,15H2,1H3,(H,24,26)/t22-/m1/s1. The Bertz CT molecular complexity index is 1160. The SMILES string of the molecule is COc1ccc(NS(=O)(=O)c2ccc(C(=O)N[C@@H]3CCc4ccccc43)cc2)cc1. The summed E-state index contributed by atoms with van der Waals surface area (Å²) in [6.45, 7) is 0. The van der Waals surface area contributed by atoms with E-state index in [2.05, 4.69) is 16.1 Å². The molecule has 0 saturated carbocycles. The van der Waals surface area contributed by atoms with Gasteiger partial charge in [-0.2, -0.15) is 0 Å². The number of amides is 1. The maximum Gasteiger partial charge on any atom is 0.261 e. The van der Waals surface area contributed by atoms with Gasteiger partial charge in [-0.05, 0) is 72.5 Å². The van der Waals surface area contributed by atoms with Gasteiger partial charge in [0.25, 0.3) is 15.9 Å². The second kappa shape index (κ2) is 8.20. The molecule has 3 aromatic rings. The number of anilines is 1. The van der Waals surface area contributed by atoms with Crippen molar-refractivity contribution >= 4 is 21.6 Å². The van der Waals surface area contributed by atoms with Crippen LogP contribution in [0.4, 0.5) is 5.69 Å². The lowest BCUT2D eigenvalue weighted by atomic mass is 10.1. The van der Waals surface area contributed by atoms with Crippen molar-refractivity contribution in [3.8, 4) is 5.75 Å². The van der Waals surface area contributed by atoms with E-state index in [0.29, 0.717) is 17.0 Å². The van der Waals surface area contributed by atoms with E-state index < -0.39 is 10.0 Å². The van der Waals surface area contributed by atoms with Crippen molar-refractivity contribution in [1.29, 1.82) is 0 Å². The molecule has 0 radical (unpaired) electrons. The maximum absolute atomic E-state index is 12.6. The summed E-state index contributed by atoms with van der Waals surface area (Å²) >= 11 is 0. The van der Waals surface area contributed by atoms with Crippen molar-refractivity contribution in [3.63, 3.8) is 0 Å². The molecule has 0 aromatic heterocycles. The van der Waals surface area contributed by atoms with Crippen LogP contribution in [0.25, 0.3) is 0 Å². The zero-order chi connectivity index (χ0) is 21.1. The molecule has 0 heterocycles. The zero-order valence-corrected chi connectivity index (χ0v) is 17.3. The molecule has 0 fully saturated rings. The number of hydrogen-bond donors (Lipinski definition) is 2. The number of sulfonamides is 1. The first kappa shape index (κ1) is 20.0. The average Bonchev–Trinajstić information content (AvgIpc) is 3.17. The lowest BCUT2D eigenvalue weighted by Crippen LogP contribution is -2.27. The van der Waals surface area contributed by atoms with Crippen LogP contribution < -0.4 is 14.8 Å². The van der Waals surface area contributed by atoms with Crippen LogP contribution in [-0.4, -0.2) is 21.4 Å². The maximum atomic E-state index is 12.6. The van der Waals surface area contributed by atoms with Crippen LogP contribution in [0.1, 0.15) is 33.9 Å². The number of methoxy groups -OCH3 is 1. The van der Waals surface area contributed by atoms with Crippen molar-refractivity contribution in [3.05, 3.63) is 89.5 Å². The van der Waals surface area contributed by atoms with Crippen LogP contribution in [0.3, 0.4) is 0 Å². The van der Waals surface area contributed by atoms with Crippen LogP contribution in [0.2, 0.25) is 0 Å². The Kier molecular flexibility index (Phi) is 5.46. The minimum Gasteiger partial charge on any atom is -0.497 e. The normalized spacial score (nSPS) is 15.3. The fraction of sp³-hybridized carbons (Fsp3) is 0.174. The molecule has 7 heteroatoms. The summed E-state index contributed by atoms with van der Waals surface area (Å²) in [4.78, 5) is 12.7. The van der Waals surface area contributed by atoms with E-state index in [0.717, 1.165) is 18.4 Å². The van der Waals surface area contributed by atoms with Crippen molar-refractivity contribution in [2.45, 2.75) is 23.8 Å². The summed E-state index contributed by atoms with van der Waals surface area (Å²) in [5, 5.41) is 3.04. The fourth-order valence-electron chi connectivity index (χ4n) is 3.61. The number of carbonyl (C=O) groups is 1. The van der Waals surface area contributed by atoms with E-state index >= 15 is 0 Å². The molecule has 4 rings (SSSR count). The minimum absolute atomic E-state index is 0.0196. The van der Waals surface area contributed by atoms with E-state index in [1.54, 1.807) is 31.4 Å². The van der Waals surface area contributed by atoms with Crippen LogP contribution in [-0.2, 0) is 16.4 Å². The lowest BCUT2D eigenvalue weighted by Gasteiger charge is -2.14. The number of ether oxygens (including phenoxy) is 1. The number of aryl methyl sites for hydroxylation is 1. The zero-order valence-electron chi connectivity index (χ0n) is 16.5. The van der Waals surface area contributed by atoms with Gasteiger partial charge in [0, 0.05) is 11.3 Å². The van der Waals surface area contributed by atoms with E-state index in [1.807, 2.05) is 18.2 Å². The predicted molar refractivity (Wildman–Crippen MR) is 115 cm³/mol.